The molecule has 8 heteroatoms. The third kappa shape index (κ3) is 6.31. The fraction of sp³-hybridized carbons (Fsp3) is 0.286. The second-order valence-electron chi connectivity index (χ2n) is 4.34. The summed E-state index contributed by atoms with van der Waals surface area (Å²) in [6, 6.07) is 4.25. The standard InChI is InChI=1S/C14H16F2N2O4/c1-2-7-17-11(13(20)21)8-12(19)18-9-3-5-10(6-4-9)22-14(15)16/h2-6,11,14,17H,1,7-8H2,(H,18,19)(H,20,21)/t11-/m0/s1. The van der Waals surface area contributed by atoms with Crippen LogP contribution in [0.5, 0.6) is 5.75 Å². The molecule has 0 radical (unpaired) electrons. The first-order valence-electron chi connectivity index (χ1n) is 6.42. The number of carbonyl (C=O) groups is 2. The molecule has 0 bridgehead atoms. The van der Waals surface area contributed by atoms with Gasteiger partial charge in [-0.25, -0.2) is 0 Å². The normalized spacial score (nSPS) is 11.8. The topological polar surface area (TPSA) is 95.1 Å². The van der Waals surface area contributed by atoms with E-state index in [1.807, 2.05) is 0 Å². The second kappa shape index (κ2) is 8.73. The maximum atomic E-state index is 12.0. The summed E-state index contributed by atoms with van der Waals surface area (Å²) < 4.78 is 28.1. The Kier molecular flexibility index (Phi) is 6.97. The van der Waals surface area contributed by atoms with Crippen molar-refractivity contribution in [2.24, 2.45) is 0 Å². The fourth-order valence-corrected chi connectivity index (χ4v) is 1.65. The fourth-order valence-electron chi connectivity index (χ4n) is 1.65. The lowest BCUT2D eigenvalue weighted by Crippen LogP contribution is -2.93. The van der Waals surface area contributed by atoms with Crippen molar-refractivity contribution in [1.82, 2.24) is 0 Å². The van der Waals surface area contributed by atoms with Crippen LogP contribution < -0.4 is 20.5 Å². The Hall–Kier alpha value is -2.48. The number of carboxylic acids is 1. The Bertz CT molecular complexity index is 520. The molecule has 0 aliphatic carbocycles. The number of benzene rings is 1. The molecule has 120 valence electrons. The lowest BCUT2D eigenvalue weighted by molar-refractivity contribution is -0.674. The van der Waals surface area contributed by atoms with Crippen molar-refractivity contribution in [2.45, 2.75) is 19.1 Å². The van der Waals surface area contributed by atoms with E-state index in [4.69, 9.17) is 0 Å². The minimum absolute atomic E-state index is 0.0417. The summed E-state index contributed by atoms with van der Waals surface area (Å²) in [6.07, 6.45) is 1.22. The third-order valence-electron chi connectivity index (χ3n) is 2.66. The van der Waals surface area contributed by atoms with E-state index in [-0.39, 0.29) is 12.2 Å². The predicted octanol–water partition coefficient (Wildman–Crippen LogP) is -0.515. The van der Waals surface area contributed by atoms with Gasteiger partial charge in [0.2, 0.25) is 5.91 Å². The number of aliphatic carboxylic acids is 1. The molecule has 22 heavy (non-hydrogen) atoms. The lowest BCUT2D eigenvalue weighted by Gasteiger charge is -2.15. The molecule has 0 unspecified atom stereocenters. The zero-order valence-corrected chi connectivity index (χ0v) is 11.6. The van der Waals surface area contributed by atoms with E-state index in [2.05, 4.69) is 16.6 Å². The number of carbonyl (C=O) groups excluding carboxylic acids is 2. The Morgan fingerprint density at radius 3 is 2.50 bits per heavy atom. The Morgan fingerprint density at radius 1 is 1.36 bits per heavy atom. The van der Waals surface area contributed by atoms with Gasteiger partial charge in [-0.1, -0.05) is 6.58 Å². The zero-order chi connectivity index (χ0) is 16.5. The van der Waals surface area contributed by atoms with E-state index in [0.717, 1.165) is 0 Å². The number of nitrogens with two attached hydrogens (primary N) is 1. The van der Waals surface area contributed by atoms with Gasteiger partial charge in [-0.2, -0.15) is 8.78 Å². The molecule has 1 rings (SSSR count). The van der Waals surface area contributed by atoms with Crippen molar-refractivity contribution in [2.75, 3.05) is 11.9 Å². The second-order valence-corrected chi connectivity index (χ2v) is 4.34. The summed E-state index contributed by atoms with van der Waals surface area (Å²) in [6.45, 7) is 0.870. The van der Waals surface area contributed by atoms with Gasteiger partial charge < -0.3 is 25.3 Å². The van der Waals surface area contributed by atoms with Gasteiger partial charge in [0.05, 0.1) is 18.9 Å². The van der Waals surface area contributed by atoms with Gasteiger partial charge in [0.15, 0.2) is 0 Å². The summed E-state index contributed by atoms with van der Waals surface area (Å²) in [7, 11) is 0. The van der Waals surface area contributed by atoms with Crippen molar-refractivity contribution in [3.63, 3.8) is 0 Å². The van der Waals surface area contributed by atoms with Crippen LogP contribution in [0.25, 0.3) is 0 Å². The van der Waals surface area contributed by atoms with E-state index < -0.39 is 24.5 Å². The molecule has 0 aliphatic heterocycles. The van der Waals surface area contributed by atoms with Crippen molar-refractivity contribution in [3.05, 3.63) is 36.9 Å². The number of anilines is 1. The molecule has 1 aromatic rings. The van der Waals surface area contributed by atoms with Crippen LogP contribution in [0, 0.1) is 0 Å². The molecule has 6 nitrogen and oxygen atoms in total. The van der Waals surface area contributed by atoms with E-state index >= 15 is 0 Å². The number of carboxylic acid groups (broad SMARTS) is 1. The molecule has 1 aromatic carbocycles. The molecule has 1 atom stereocenters. The summed E-state index contributed by atoms with van der Waals surface area (Å²) in [5, 5.41) is 14.8. The average molecular weight is 314 g/mol. The number of halogens is 2. The minimum Gasteiger partial charge on any atom is -0.544 e. The first-order chi connectivity index (χ1) is 10.4. The van der Waals surface area contributed by atoms with Crippen LogP contribution in [0.2, 0.25) is 0 Å². The van der Waals surface area contributed by atoms with E-state index in [9.17, 15) is 23.5 Å². The van der Waals surface area contributed by atoms with Crippen molar-refractivity contribution < 1.29 is 33.5 Å². The molecule has 0 heterocycles. The van der Waals surface area contributed by atoms with Crippen molar-refractivity contribution in [1.29, 1.82) is 0 Å². The SMILES string of the molecule is C=CC[NH2+][C@@H](CC(=O)Nc1ccc(OC(F)F)cc1)C(=O)[O-]. The van der Waals surface area contributed by atoms with Gasteiger partial charge in [-0.3, -0.25) is 4.79 Å². The van der Waals surface area contributed by atoms with Crippen LogP contribution in [0.4, 0.5) is 14.5 Å². The third-order valence-corrected chi connectivity index (χ3v) is 2.66. The first-order valence-corrected chi connectivity index (χ1v) is 6.42. The summed E-state index contributed by atoms with van der Waals surface area (Å²) >= 11 is 0. The smallest absolute Gasteiger partial charge is 0.387 e. The molecule has 0 aromatic heterocycles. The molecule has 0 spiro atoms. The largest absolute Gasteiger partial charge is 0.544 e. The number of alkyl halides is 2. The van der Waals surface area contributed by atoms with Crippen LogP contribution in [-0.4, -0.2) is 31.1 Å². The molecule has 1 amide bonds. The Morgan fingerprint density at radius 2 is 2.00 bits per heavy atom. The number of amides is 1. The lowest BCUT2D eigenvalue weighted by atomic mass is 10.2. The van der Waals surface area contributed by atoms with E-state index in [1.54, 1.807) is 0 Å². The molecular formula is C14H16F2N2O4. The van der Waals surface area contributed by atoms with Crippen molar-refractivity contribution >= 4 is 17.6 Å². The molecular weight excluding hydrogens is 298 g/mol. The number of rotatable bonds is 9. The summed E-state index contributed by atoms with van der Waals surface area (Å²) in [5.74, 6) is -1.92. The molecule has 3 N–H and O–H groups in total. The van der Waals surface area contributed by atoms with Gasteiger partial charge in [0.1, 0.15) is 11.8 Å². The monoisotopic (exact) mass is 314 g/mol. The van der Waals surface area contributed by atoms with Crippen LogP contribution >= 0.6 is 0 Å². The van der Waals surface area contributed by atoms with Gasteiger partial charge in [-0.05, 0) is 30.3 Å². The molecule has 0 saturated carbocycles. The zero-order valence-electron chi connectivity index (χ0n) is 11.6. The van der Waals surface area contributed by atoms with E-state index in [1.165, 1.54) is 35.7 Å². The first kappa shape index (κ1) is 17.6. The van der Waals surface area contributed by atoms with Crippen LogP contribution in [0.1, 0.15) is 6.42 Å². The highest BCUT2D eigenvalue weighted by Gasteiger charge is 2.17. The number of ether oxygens (including phenoxy) is 1. The maximum absolute atomic E-state index is 12.0. The Labute approximate surface area is 125 Å². The number of quaternary nitrogens is 1. The van der Waals surface area contributed by atoms with Gasteiger partial charge in [0, 0.05) is 5.69 Å². The van der Waals surface area contributed by atoms with Crippen molar-refractivity contribution in [3.8, 4) is 5.75 Å². The van der Waals surface area contributed by atoms with Crippen LogP contribution in [0.3, 0.4) is 0 Å². The minimum atomic E-state index is -2.93. The number of nitrogens with one attached hydrogen (secondary N) is 1. The highest BCUT2D eigenvalue weighted by Crippen LogP contribution is 2.17. The number of hydrogen-bond acceptors (Lipinski definition) is 4. The van der Waals surface area contributed by atoms with Gasteiger partial charge >= 0.3 is 6.61 Å². The Balaban J connectivity index is 2.56. The predicted molar refractivity (Wildman–Crippen MR) is 72.1 cm³/mol. The number of hydrogen-bond donors (Lipinski definition) is 2. The summed E-state index contributed by atoms with van der Waals surface area (Å²) in [4.78, 5) is 22.7. The highest BCUT2D eigenvalue weighted by molar-refractivity contribution is 5.93. The average Bonchev–Trinajstić information content (AvgIpc) is 2.44. The van der Waals surface area contributed by atoms with E-state index in [0.29, 0.717) is 12.2 Å². The van der Waals surface area contributed by atoms with Gasteiger partial charge in [-0.15, -0.1) is 0 Å². The quantitative estimate of drug-likeness (QED) is 0.600. The highest BCUT2D eigenvalue weighted by atomic mass is 19.3. The van der Waals surface area contributed by atoms with Gasteiger partial charge in [0.25, 0.3) is 0 Å². The summed E-state index contributed by atoms with van der Waals surface area (Å²) in [5.41, 5.74) is 0.340. The molecule has 0 saturated heterocycles. The molecule has 0 fully saturated rings. The van der Waals surface area contributed by atoms with Crippen LogP contribution in [-0.2, 0) is 9.59 Å². The molecule has 0 aliphatic rings. The van der Waals surface area contributed by atoms with Crippen LogP contribution in [0.15, 0.2) is 36.9 Å². The maximum Gasteiger partial charge on any atom is 0.387 e.